The van der Waals surface area contributed by atoms with Crippen molar-refractivity contribution in [1.29, 1.82) is 0 Å². The van der Waals surface area contributed by atoms with Crippen LogP contribution in [0.4, 0.5) is 5.69 Å². The van der Waals surface area contributed by atoms with Gasteiger partial charge in [-0.15, -0.1) is 0 Å². The number of H-pyrrole nitrogens is 1. The summed E-state index contributed by atoms with van der Waals surface area (Å²) in [6.07, 6.45) is 3.53. The monoisotopic (exact) mass is 326 g/mol. The molecule has 6 heteroatoms. The van der Waals surface area contributed by atoms with Crippen LogP contribution < -0.4 is 4.90 Å². The van der Waals surface area contributed by atoms with Crippen molar-refractivity contribution in [1.82, 2.24) is 15.1 Å². The van der Waals surface area contributed by atoms with E-state index in [4.69, 9.17) is 0 Å². The van der Waals surface area contributed by atoms with Gasteiger partial charge < -0.3 is 9.80 Å². The number of carbonyl (C=O) groups excluding carboxylic acids is 2. The summed E-state index contributed by atoms with van der Waals surface area (Å²) >= 11 is 0. The van der Waals surface area contributed by atoms with E-state index in [-0.39, 0.29) is 24.2 Å². The number of rotatable bonds is 4. The lowest BCUT2D eigenvalue weighted by Gasteiger charge is -2.23. The Balaban J connectivity index is 1.69. The minimum Gasteiger partial charge on any atom is -0.341 e. The molecule has 1 aliphatic rings. The van der Waals surface area contributed by atoms with Gasteiger partial charge >= 0.3 is 0 Å². The second-order valence-electron chi connectivity index (χ2n) is 6.43. The molecule has 1 fully saturated rings. The highest BCUT2D eigenvalue weighted by molar-refractivity contribution is 6.00. The van der Waals surface area contributed by atoms with Crippen LogP contribution >= 0.6 is 0 Å². The lowest BCUT2D eigenvalue weighted by atomic mass is 10.0. The molecule has 6 nitrogen and oxygen atoms in total. The minimum absolute atomic E-state index is 0.0111. The standard InChI is InChI=1S/C18H22N4O2/c1-12-5-4-6-13(2)16(12)11-21(3)18(24)14-7-17(23)22(10-14)15-8-19-20-9-15/h4-6,8-9,14H,7,10-11H2,1-3H3,(H,19,20). The van der Waals surface area contributed by atoms with Gasteiger partial charge in [0.25, 0.3) is 0 Å². The molecule has 1 aromatic heterocycles. The predicted molar refractivity (Wildman–Crippen MR) is 91.4 cm³/mol. The third-order valence-electron chi connectivity index (χ3n) is 4.69. The Morgan fingerprint density at radius 3 is 2.71 bits per heavy atom. The summed E-state index contributed by atoms with van der Waals surface area (Å²) in [4.78, 5) is 28.3. The van der Waals surface area contributed by atoms with Gasteiger partial charge in [-0.1, -0.05) is 18.2 Å². The third-order valence-corrected chi connectivity index (χ3v) is 4.69. The van der Waals surface area contributed by atoms with Crippen molar-refractivity contribution in [2.75, 3.05) is 18.5 Å². The Bertz CT molecular complexity index is 734. The molecule has 1 saturated heterocycles. The van der Waals surface area contributed by atoms with Gasteiger partial charge in [0.15, 0.2) is 0 Å². The summed E-state index contributed by atoms with van der Waals surface area (Å²) in [5.41, 5.74) is 4.24. The average molecular weight is 326 g/mol. The van der Waals surface area contributed by atoms with Gasteiger partial charge in [-0.3, -0.25) is 14.7 Å². The molecule has 3 rings (SSSR count). The van der Waals surface area contributed by atoms with Gasteiger partial charge in [0.1, 0.15) is 0 Å². The number of nitrogens with zero attached hydrogens (tertiary/aromatic N) is 3. The molecule has 1 aliphatic heterocycles. The van der Waals surface area contributed by atoms with Crippen molar-refractivity contribution >= 4 is 17.5 Å². The molecule has 24 heavy (non-hydrogen) atoms. The smallest absolute Gasteiger partial charge is 0.228 e. The van der Waals surface area contributed by atoms with Gasteiger partial charge in [0, 0.05) is 32.8 Å². The molecule has 126 valence electrons. The first-order valence-electron chi connectivity index (χ1n) is 8.06. The topological polar surface area (TPSA) is 69.3 Å². The van der Waals surface area contributed by atoms with Crippen molar-refractivity contribution in [2.45, 2.75) is 26.8 Å². The number of carbonyl (C=O) groups is 2. The first-order chi connectivity index (χ1) is 11.5. The Labute approximate surface area is 141 Å². The SMILES string of the molecule is Cc1cccc(C)c1CN(C)C(=O)C1CC(=O)N(c2cn[nH]c2)C1. The predicted octanol–water partition coefficient (Wildman–Crippen LogP) is 2.04. The Hall–Kier alpha value is -2.63. The number of aromatic nitrogens is 2. The van der Waals surface area contributed by atoms with Crippen molar-refractivity contribution in [2.24, 2.45) is 5.92 Å². The Morgan fingerprint density at radius 1 is 1.38 bits per heavy atom. The molecule has 1 atom stereocenters. The lowest BCUT2D eigenvalue weighted by Crippen LogP contribution is -2.34. The number of hydrogen-bond acceptors (Lipinski definition) is 3. The molecule has 2 amide bonds. The molecule has 1 unspecified atom stereocenters. The molecule has 2 aromatic rings. The minimum atomic E-state index is -0.304. The van der Waals surface area contributed by atoms with E-state index in [0.717, 1.165) is 0 Å². The maximum Gasteiger partial charge on any atom is 0.228 e. The summed E-state index contributed by atoms with van der Waals surface area (Å²) in [7, 11) is 1.80. The van der Waals surface area contributed by atoms with Crippen LogP contribution in [-0.4, -0.2) is 40.5 Å². The second kappa shape index (κ2) is 6.47. The summed E-state index contributed by atoms with van der Waals surface area (Å²) in [5.74, 6) is -0.325. The number of aryl methyl sites for hydroxylation is 2. The number of anilines is 1. The first kappa shape index (κ1) is 16.2. The molecule has 1 aromatic carbocycles. The van der Waals surface area contributed by atoms with Gasteiger partial charge in [-0.2, -0.15) is 5.10 Å². The van der Waals surface area contributed by atoms with Gasteiger partial charge in [-0.05, 0) is 30.5 Å². The van der Waals surface area contributed by atoms with E-state index in [2.05, 4.69) is 36.2 Å². The zero-order valence-corrected chi connectivity index (χ0v) is 14.2. The Morgan fingerprint density at radius 2 is 2.08 bits per heavy atom. The van der Waals surface area contributed by atoms with Crippen LogP contribution in [0.5, 0.6) is 0 Å². The van der Waals surface area contributed by atoms with E-state index in [1.807, 2.05) is 6.07 Å². The van der Waals surface area contributed by atoms with Crippen LogP contribution in [-0.2, 0) is 16.1 Å². The first-order valence-corrected chi connectivity index (χ1v) is 8.06. The lowest BCUT2D eigenvalue weighted by molar-refractivity contribution is -0.135. The van der Waals surface area contributed by atoms with Crippen LogP contribution in [0.2, 0.25) is 0 Å². The fraction of sp³-hybridized carbons (Fsp3) is 0.389. The molecule has 0 spiro atoms. The highest BCUT2D eigenvalue weighted by Crippen LogP contribution is 2.26. The van der Waals surface area contributed by atoms with E-state index in [1.165, 1.54) is 16.7 Å². The fourth-order valence-electron chi connectivity index (χ4n) is 3.24. The summed E-state index contributed by atoms with van der Waals surface area (Å²) in [6.45, 7) is 5.09. The molecular formula is C18H22N4O2. The van der Waals surface area contributed by atoms with Gasteiger partial charge in [-0.25, -0.2) is 0 Å². The normalized spacial score (nSPS) is 17.4. The zero-order chi connectivity index (χ0) is 17.3. The second-order valence-corrected chi connectivity index (χ2v) is 6.43. The van der Waals surface area contributed by atoms with Crippen LogP contribution in [0, 0.1) is 19.8 Å². The fourth-order valence-corrected chi connectivity index (χ4v) is 3.24. The van der Waals surface area contributed by atoms with E-state index in [1.54, 1.807) is 29.2 Å². The average Bonchev–Trinajstić information content (AvgIpc) is 3.19. The molecule has 1 N–H and O–H groups in total. The molecule has 0 bridgehead atoms. The number of benzene rings is 1. The van der Waals surface area contributed by atoms with Gasteiger partial charge in [0.2, 0.25) is 11.8 Å². The number of amides is 2. The van der Waals surface area contributed by atoms with Crippen LogP contribution in [0.1, 0.15) is 23.1 Å². The summed E-state index contributed by atoms with van der Waals surface area (Å²) in [5, 5.41) is 6.57. The maximum atomic E-state index is 12.8. The molecule has 2 heterocycles. The molecule has 0 aliphatic carbocycles. The molecule has 0 saturated carbocycles. The van der Waals surface area contributed by atoms with Crippen LogP contribution in [0.3, 0.4) is 0 Å². The summed E-state index contributed by atoms with van der Waals surface area (Å²) in [6, 6.07) is 6.13. The van der Waals surface area contributed by atoms with E-state index >= 15 is 0 Å². The van der Waals surface area contributed by atoms with Crippen molar-refractivity contribution in [3.05, 3.63) is 47.3 Å². The van der Waals surface area contributed by atoms with E-state index in [9.17, 15) is 9.59 Å². The molecule has 0 radical (unpaired) electrons. The maximum absolute atomic E-state index is 12.8. The van der Waals surface area contributed by atoms with E-state index in [0.29, 0.717) is 18.8 Å². The van der Waals surface area contributed by atoms with Crippen molar-refractivity contribution in [3.63, 3.8) is 0 Å². The quantitative estimate of drug-likeness (QED) is 0.935. The van der Waals surface area contributed by atoms with Crippen LogP contribution in [0.15, 0.2) is 30.6 Å². The van der Waals surface area contributed by atoms with Gasteiger partial charge in [0.05, 0.1) is 17.8 Å². The van der Waals surface area contributed by atoms with Crippen molar-refractivity contribution in [3.8, 4) is 0 Å². The largest absolute Gasteiger partial charge is 0.341 e. The number of aromatic amines is 1. The number of hydrogen-bond donors (Lipinski definition) is 1. The number of nitrogens with one attached hydrogen (secondary N) is 1. The highest BCUT2D eigenvalue weighted by Gasteiger charge is 2.36. The van der Waals surface area contributed by atoms with Crippen LogP contribution in [0.25, 0.3) is 0 Å². The van der Waals surface area contributed by atoms with Crippen molar-refractivity contribution < 1.29 is 9.59 Å². The highest BCUT2D eigenvalue weighted by atomic mass is 16.2. The molecular weight excluding hydrogens is 304 g/mol. The van der Waals surface area contributed by atoms with E-state index < -0.39 is 0 Å². The Kier molecular flexibility index (Phi) is 4.38. The zero-order valence-electron chi connectivity index (χ0n) is 14.2. The summed E-state index contributed by atoms with van der Waals surface area (Å²) < 4.78 is 0. The third kappa shape index (κ3) is 3.04.